The monoisotopic (exact) mass is 275 g/mol. The molecule has 1 unspecified atom stereocenters. The van der Waals surface area contributed by atoms with E-state index in [2.05, 4.69) is 0 Å². The zero-order valence-corrected chi connectivity index (χ0v) is 11.7. The van der Waals surface area contributed by atoms with Crippen molar-refractivity contribution in [1.29, 1.82) is 0 Å². The molecule has 0 aliphatic heterocycles. The largest absolute Gasteiger partial charge is 0.492 e. The quantitative estimate of drug-likeness (QED) is 0.768. The maximum absolute atomic E-state index is 9.42. The summed E-state index contributed by atoms with van der Waals surface area (Å²) in [5.41, 5.74) is 8.08. The molecule has 0 spiro atoms. The molecular weight excluding hydrogens is 258 g/mol. The zero-order valence-electron chi connectivity index (χ0n) is 11.7. The molecule has 3 rings (SSSR count). The van der Waals surface area contributed by atoms with Crippen molar-refractivity contribution in [1.82, 2.24) is 0 Å². The number of ether oxygens (including phenoxy) is 1. The minimum atomic E-state index is -0.534. The SMILES string of the molecule is COc1c2cc(C)oc2c(C(N)CO)c2cc(C)oc12. The Kier molecular flexibility index (Phi) is 2.96. The van der Waals surface area contributed by atoms with Gasteiger partial charge in [-0.25, -0.2) is 0 Å². The van der Waals surface area contributed by atoms with Crippen molar-refractivity contribution in [3.63, 3.8) is 0 Å². The first kappa shape index (κ1) is 13.0. The van der Waals surface area contributed by atoms with Crippen molar-refractivity contribution < 1.29 is 18.7 Å². The third-order valence-electron chi connectivity index (χ3n) is 3.47. The Morgan fingerprint density at radius 3 is 2.35 bits per heavy atom. The predicted octanol–water partition coefficient (Wildman–Crippen LogP) is 2.80. The van der Waals surface area contributed by atoms with Gasteiger partial charge in [0.2, 0.25) is 0 Å². The molecule has 0 bridgehead atoms. The molecule has 0 amide bonds. The van der Waals surface area contributed by atoms with Crippen LogP contribution in [-0.2, 0) is 0 Å². The second-order valence-corrected chi connectivity index (χ2v) is 4.94. The minimum Gasteiger partial charge on any atom is -0.492 e. The maximum Gasteiger partial charge on any atom is 0.177 e. The van der Waals surface area contributed by atoms with E-state index < -0.39 is 6.04 Å². The minimum absolute atomic E-state index is 0.166. The van der Waals surface area contributed by atoms with Crippen LogP contribution in [0.5, 0.6) is 5.75 Å². The van der Waals surface area contributed by atoms with Gasteiger partial charge >= 0.3 is 0 Å². The van der Waals surface area contributed by atoms with E-state index in [-0.39, 0.29) is 6.61 Å². The fraction of sp³-hybridized carbons (Fsp3) is 0.333. The summed E-state index contributed by atoms with van der Waals surface area (Å²) >= 11 is 0. The lowest BCUT2D eigenvalue weighted by Gasteiger charge is -2.12. The van der Waals surface area contributed by atoms with E-state index in [1.807, 2.05) is 26.0 Å². The number of aliphatic hydroxyl groups is 1. The molecule has 0 fully saturated rings. The van der Waals surface area contributed by atoms with Crippen LogP contribution < -0.4 is 10.5 Å². The highest BCUT2D eigenvalue weighted by Crippen LogP contribution is 2.42. The summed E-state index contributed by atoms with van der Waals surface area (Å²) in [5.74, 6) is 2.15. The fourth-order valence-electron chi connectivity index (χ4n) is 2.67. The molecule has 2 aromatic heterocycles. The fourth-order valence-corrected chi connectivity index (χ4v) is 2.67. The third-order valence-corrected chi connectivity index (χ3v) is 3.47. The highest BCUT2D eigenvalue weighted by molar-refractivity contribution is 6.05. The van der Waals surface area contributed by atoms with Crippen LogP contribution in [0.3, 0.4) is 0 Å². The maximum atomic E-state index is 9.42. The van der Waals surface area contributed by atoms with Gasteiger partial charge in [-0.3, -0.25) is 0 Å². The standard InChI is InChI=1S/C15H17NO4/c1-7-4-9-12(11(16)6-17)13-10(5-8(2)19-13)14(18-3)15(9)20-7/h4-5,11,17H,6,16H2,1-3H3. The summed E-state index contributed by atoms with van der Waals surface area (Å²) in [7, 11) is 1.60. The summed E-state index contributed by atoms with van der Waals surface area (Å²) < 4.78 is 17.0. The van der Waals surface area contributed by atoms with Gasteiger partial charge in [-0.15, -0.1) is 0 Å². The first-order chi connectivity index (χ1) is 9.56. The molecule has 3 aromatic rings. The number of fused-ring (bicyclic) bond motifs is 2. The number of rotatable bonds is 3. The molecule has 3 N–H and O–H groups in total. The van der Waals surface area contributed by atoms with Crippen LogP contribution in [0.25, 0.3) is 21.9 Å². The molecule has 5 heteroatoms. The molecule has 106 valence electrons. The van der Waals surface area contributed by atoms with E-state index in [0.29, 0.717) is 16.9 Å². The number of aliphatic hydroxyl groups excluding tert-OH is 1. The zero-order chi connectivity index (χ0) is 14.4. The number of hydrogen-bond donors (Lipinski definition) is 2. The Hall–Kier alpha value is -1.98. The van der Waals surface area contributed by atoms with E-state index in [1.165, 1.54) is 0 Å². The first-order valence-electron chi connectivity index (χ1n) is 6.43. The third kappa shape index (κ3) is 1.71. The average Bonchev–Trinajstić information content (AvgIpc) is 2.96. The average molecular weight is 275 g/mol. The van der Waals surface area contributed by atoms with Crippen molar-refractivity contribution in [2.24, 2.45) is 5.73 Å². The molecular formula is C15H17NO4. The van der Waals surface area contributed by atoms with Crippen LogP contribution in [-0.4, -0.2) is 18.8 Å². The van der Waals surface area contributed by atoms with Crippen LogP contribution in [0.2, 0.25) is 0 Å². The molecule has 1 aromatic carbocycles. The van der Waals surface area contributed by atoms with E-state index in [9.17, 15) is 5.11 Å². The second-order valence-electron chi connectivity index (χ2n) is 4.94. The van der Waals surface area contributed by atoms with Crippen LogP contribution in [0.1, 0.15) is 23.1 Å². The van der Waals surface area contributed by atoms with Gasteiger partial charge in [0, 0.05) is 10.9 Å². The van der Waals surface area contributed by atoms with Crippen LogP contribution in [0.15, 0.2) is 21.0 Å². The number of benzene rings is 1. The number of methoxy groups -OCH3 is 1. The van der Waals surface area contributed by atoms with E-state index in [0.717, 1.165) is 27.9 Å². The van der Waals surface area contributed by atoms with Gasteiger partial charge < -0.3 is 24.4 Å². The molecule has 2 heterocycles. The second kappa shape index (κ2) is 4.54. The molecule has 0 radical (unpaired) electrons. The lowest BCUT2D eigenvalue weighted by Crippen LogP contribution is -2.15. The predicted molar refractivity (Wildman–Crippen MR) is 76.0 cm³/mol. The Balaban J connectivity index is 2.54. The molecule has 0 saturated carbocycles. The number of hydrogen-bond acceptors (Lipinski definition) is 5. The van der Waals surface area contributed by atoms with E-state index >= 15 is 0 Å². The summed E-state index contributed by atoms with van der Waals surface area (Å²) in [4.78, 5) is 0. The topological polar surface area (TPSA) is 81.8 Å². The molecule has 20 heavy (non-hydrogen) atoms. The van der Waals surface area contributed by atoms with Gasteiger partial charge in [0.25, 0.3) is 0 Å². The summed E-state index contributed by atoms with van der Waals surface area (Å²) in [6.45, 7) is 3.56. The van der Waals surface area contributed by atoms with Crippen molar-refractivity contribution in [3.05, 3.63) is 29.2 Å². The van der Waals surface area contributed by atoms with Gasteiger partial charge in [0.05, 0.1) is 25.1 Å². The lowest BCUT2D eigenvalue weighted by molar-refractivity contribution is 0.268. The van der Waals surface area contributed by atoms with Crippen LogP contribution in [0, 0.1) is 13.8 Å². The Morgan fingerprint density at radius 1 is 1.15 bits per heavy atom. The molecule has 0 saturated heterocycles. The Bertz CT molecular complexity index is 726. The van der Waals surface area contributed by atoms with Crippen LogP contribution >= 0.6 is 0 Å². The molecule has 5 nitrogen and oxygen atoms in total. The van der Waals surface area contributed by atoms with Gasteiger partial charge in [0.15, 0.2) is 11.3 Å². The van der Waals surface area contributed by atoms with Gasteiger partial charge in [-0.1, -0.05) is 0 Å². The lowest BCUT2D eigenvalue weighted by atomic mass is 10.00. The van der Waals surface area contributed by atoms with Crippen molar-refractivity contribution in [2.45, 2.75) is 19.9 Å². The Morgan fingerprint density at radius 2 is 1.75 bits per heavy atom. The van der Waals surface area contributed by atoms with Crippen LogP contribution in [0.4, 0.5) is 0 Å². The summed E-state index contributed by atoms with van der Waals surface area (Å²) in [6, 6.07) is 3.24. The van der Waals surface area contributed by atoms with Crippen molar-refractivity contribution in [2.75, 3.05) is 13.7 Å². The van der Waals surface area contributed by atoms with Gasteiger partial charge in [-0.05, 0) is 26.0 Å². The number of aryl methyl sites for hydroxylation is 2. The van der Waals surface area contributed by atoms with Gasteiger partial charge in [0.1, 0.15) is 17.1 Å². The van der Waals surface area contributed by atoms with Crippen molar-refractivity contribution >= 4 is 21.9 Å². The first-order valence-corrected chi connectivity index (χ1v) is 6.43. The smallest absolute Gasteiger partial charge is 0.177 e. The number of furan rings is 2. The normalized spacial score (nSPS) is 13.2. The Labute approximate surface area is 115 Å². The molecule has 1 atom stereocenters. The molecule has 0 aliphatic rings. The van der Waals surface area contributed by atoms with E-state index in [4.69, 9.17) is 19.3 Å². The summed E-state index contributed by atoms with van der Waals surface area (Å²) in [6.07, 6.45) is 0. The summed E-state index contributed by atoms with van der Waals surface area (Å²) in [5, 5.41) is 11.1. The van der Waals surface area contributed by atoms with Gasteiger partial charge in [-0.2, -0.15) is 0 Å². The highest BCUT2D eigenvalue weighted by atomic mass is 16.5. The molecule has 0 aliphatic carbocycles. The highest BCUT2D eigenvalue weighted by Gasteiger charge is 2.24. The number of nitrogens with two attached hydrogens (primary N) is 1. The van der Waals surface area contributed by atoms with Crippen molar-refractivity contribution in [3.8, 4) is 5.75 Å². The van der Waals surface area contributed by atoms with E-state index in [1.54, 1.807) is 7.11 Å².